The molecule has 4 nitrogen and oxygen atoms in total. The second-order valence-electron chi connectivity index (χ2n) is 9.43. The Balaban J connectivity index is 1.47. The van der Waals surface area contributed by atoms with Crippen molar-refractivity contribution in [2.24, 2.45) is 23.7 Å². The van der Waals surface area contributed by atoms with Gasteiger partial charge in [0.2, 0.25) is 5.91 Å². The first kappa shape index (κ1) is 18.5. The molecule has 4 atom stereocenters. The van der Waals surface area contributed by atoms with Gasteiger partial charge in [0.25, 0.3) is 0 Å². The number of amides is 1. The van der Waals surface area contributed by atoms with Crippen molar-refractivity contribution in [2.45, 2.75) is 89.7 Å². The van der Waals surface area contributed by atoms with Crippen LogP contribution in [0, 0.1) is 23.7 Å². The van der Waals surface area contributed by atoms with E-state index in [0.29, 0.717) is 17.7 Å². The molecule has 26 heavy (non-hydrogen) atoms. The Morgan fingerprint density at radius 2 is 1.69 bits per heavy atom. The first-order valence-electron chi connectivity index (χ1n) is 11.1. The van der Waals surface area contributed by atoms with Crippen LogP contribution in [-0.4, -0.2) is 41.9 Å². The fraction of sp³-hybridized carbons (Fsp3) is 0.909. The molecule has 4 rings (SSSR count). The molecule has 2 bridgehead atoms. The molecule has 146 valence electrons. The van der Waals surface area contributed by atoms with E-state index in [4.69, 9.17) is 4.74 Å². The first-order chi connectivity index (χ1) is 12.6. The topological polar surface area (TPSA) is 46.6 Å². The van der Waals surface area contributed by atoms with Crippen LogP contribution >= 0.6 is 0 Å². The number of hydrogen-bond acceptors (Lipinski definition) is 3. The lowest BCUT2D eigenvalue weighted by molar-refractivity contribution is -0.147. The van der Waals surface area contributed by atoms with Gasteiger partial charge >= 0.3 is 0 Å². The molecular weight excluding hydrogens is 326 g/mol. The van der Waals surface area contributed by atoms with Crippen LogP contribution in [0.1, 0.15) is 77.6 Å². The summed E-state index contributed by atoms with van der Waals surface area (Å²) in [7, 11) is 0. The molecule has 1 aliphatic heterocycles. The average Bonchev–Trinajstić information content (AvgIpc) is 3.13. The fourth-order valence-corrected chi connectivity index (χ4v) is 5.90. The van der Waals surface area contributed by atoms with Crippen molar-refractivity contribution >= 4 is 11.7 Å². The molecule has 4 heteroatoms. The zero-order valence-corrected chi connectivity index (χ0v) is 16.3. The number of fused-ring (bicyclic) bond motifs is 2. The summed E-state index contributed by atoms with van der Waals surface area (Å²) in [5, 5.41) is 0. The van der Waals surface area contributed by atoms with Crippen LogP contribution in [0.15, 0.2) is 0 Å². The molecule has 0 aromatic rings. The number of hydrogen-bond donors (Lipinski definition) is 0. The normalized spacial score (nSPS) is 40.4. The molecule has 1 unspecified atom stereocenters. The van der Waals surface area contributed by atoms with Gasteiger partial charge in [-0.1, -0.05) is 13.3 Å². The molecule has 1 amide bonds. The van der Waals surface area contributed by atoms with Gasteiger partial charge in [-0.3, -0.25) is 9.59 Å². The summed E-state index contributed by atoms with van der Waals surface area (Å²) < 4.78 is 5.88. The Morgan fingerprint density at radius 3 is 2.31 bits per heavy atom. The second kappa shape index (κ2) is 8.00. The Labute approximate surface area is 158 Å². The van der Waals surface area contributed by atoms with Crippen LogP contribution in [0.3, 0.4) is 0 Å². The van der Waals surface area contributed by atoms with Gasteiger partial charge < -0.3 is 9.64 Å². The maximum atomic E-state index is 13.6. The van der Waals surface area contributed by atoms with Crippen LogP contribution in [0.25, 0.3) is 0 Å². The molecule has 4 fully saturated rings. The number of nitrogens with zero attached hydrogens (tertiary/aromatic N) is 1. The molecule has 3 aliphatic carbocycles. The molecule has 0 spiro atoms. The van der Waals surface area contributed by atoms with E-state index in [-0.39, 0.29) is 23.9 Å². The monoisotopic (exact) mass is 361 g/mol. The van der Waals surface area contributed by atoms with Crippen LogP contribution in [0.5, 0.6) is 0 Å². The highest BCUT2D eigenvalue weighted by Crippen LogP contribution is 2.41. The SMILES string of the molecule is CC1CCC(N(C[C@@H]2CCCO2)C(=O)C2C[C@H]3CCC[C@@H](C2)C3=O)CC1. The highest BCUT2D eigenvalue weighted by molar-refractivity contribution is 5.88. The summed E-state index contributed by atoms with van der Waals surface area (Å²) in [4.78, 5) is 28.2. The fourth-order valence-electron chi connectivity index (χ4n) is 5.90. The van der Waals surface area contributed by atoms with E-state index in [1.165, 1.54) is 19.3 Å². The summed E-state index contributed by atoms with van der Waals surface area (Å²) in [5.41, 5.74) is 0. The summed E-state index contributed by atoms with van der Waals surface area (Å²) >= 11 is 0. The largest absolute Gasteiger partial charge is 0.376 e. The average molecular weight is 362 g/mol. The third-order valence-electron chi connectivity index (χ3n) is 7.53. The van der Waals surface area contributed by atoms with E-state index in [1.807, 2.05) is 0 Å². The quantitative estimate of drug-likeness (QED) is 0.761. The molecule has 0 aromatic heterocycles. The van der Waals surface area contributed by atoms with Gasteiger partial charge in [-0.15, -0.1) is 0 Å². The van der Waals surface area contributed by atoms with Crippen molar-refractivity contribution in [3.63, 3.8) is 0 Å². The zero-order chi connectivity index (χ0) is 18.1. The zero-order valence-electron chi connectivity index (χ0n) is 16.3. The number of carbonyl (C=O) groups is 2. The molecule has 1 heterocycles. The van der Waals surface area contributed by atoms with E-state index in [2.05, 4.69) is 11.8 Å². The van der Waals surface area contributed by atoms with Crippen LogP contribution < -0.4 is 0 Å². The van der Waals surface area contributed by atoms with E-state index >= 15 is 0 Å². The minimum Gasteiger partial charge on any atom is -0.376 e. The number of ketones is 1. The first-order valence-corrected chi connectivity index (χ1v) is 11.1. The summed E-state index contributed by atoms with van der Waals surface area (Å²) in [6.07, 6.45) is 12.0. The van der Waals surface area contributed by atoms with Gasteiger partial charge in [-0.2, -0.15) is 0 Å². The summed E-state index contributed by atoms with van der Waals surface area (Å²) in [6, 6.07) is 0.389. The molecule has 0 N–H and O–H groups in total. The molecule has 0 aromatic carbocycles. The van der Waals surface area contributed by atoms with Crippen LogP contribution in [0.4, 0.5) is 0 Å². The van der Waals surface area contributed by atoms with E-state index in [1.54, 1.807) is 0 Å². The van der Waals surface area contributed by atoms with E-state index in [0.717, 1.165) is 70.4 Å². The van der Waals surface area contributed by atoms with Gasteiger partial charge in [0, 0.05) is 36.9 Å². The van der Waals surface area contributed by atoms with Crippen LogP contribution in [-0.2, 0) is 14.3 Å². The lowest BCUT2D eigenvalue weighted by Crippen LogP contribution is -2.50. The number of carbonyl (C=O) groups excluding carboxylic acids is 2. The molecular formula is C22H35NO3. The van der Waals surface area contributed by atoms with Gasteiger partial charge in [-0.05, 0) is 70.1 Å². The molecule has 4 aliphatic rings. The Kier molecular flexibility index (Phi) is 5.68. The van der Waals surface area contributed by atoms with Crippen molar-refractivity contribution in [1.82, 2.24) is 4.90 Å². The third-order valence-corrected chi connectivity index (χ3v) is 7.53. The van der Waals surface area contributed by atoms with Crippen molar-refractivity contribution in [3.8, 4) is 0 Å². The number of Topliss-reactive ketones (excluding diaryl/α,β-unsaturated/α-hetero) is 1. The highest BCUT2D eigenvalue weighted by atomic mass is 16.5. The lowest BCUT2D eigenvalue weighted by atomic mass is 9.66. The van der Waals surface area contributed by atoms with E-state index < -0.39 is 0 Å². The highest BCUT2D eigenvalue weighted by Gasteiger charge is 2.43. The van der Waals surface area contributed by atoms with Crippen molar-refractivity contribution in [2.75, 3.05) is 13.2 Å². The number of ether oxygens (including phenoxy) is 1. The van der Waals surface area contributed by atoms with Gasteiger partial charge in [0.1, 0.15) is 5.78 Å². The van der Waals surface area contributed by atoms with Gasteiger partial charge in [-0.25, -0.2) is 0 Å². The van der Waals surface area contributed by atoms with Crippen molar-refractivity contribution in [1.29, 1.82) is 0 Å². The summed E-state index contributed by atoms with van der Waals surface area (Å²) in [5.74, 6) is 1.98. The van der Waals surface area contributed by atoms with Gasteiger partial charge in [0.15, 0.2) is 0 Å². The Hall–Kier alpha value is -0.900. The molecule has 0 radical (unpaired) electrons. The minimum absolute atomic E-state index is 0.0729. The lowest BCUT2D eigenvalue weighted by Gasteiger charge is -2.42. The standard InChI is InChI=1S/C22H35NO3/c1-15-7-9-19(10-8-15)23(14-20-6-3-11-26-20)22(25)18-12-16-4-2-5-17(13-18)21(16)24/h15-20H,2-14H2,1H3/t15?,16-,17+,18?,19?,20-/m0/s1. The van der Waals surface area contributed by atoms with E-state index in [9.17, 15) is 9.59 Å². The number of rotatable bonds is 4. The van der Waals surface area contributed by atoms with Gasteiger partial charge in [0.05, 0.1) is 6.10 Å². The Morgan fingerprint density at radius 1 is 1.00 bits per heavy atom. The molecule has 1 saturated heterocycles. The minimum atomic E-state index is 0.0729. The predicted octanol–water partition coefficient (Wildman–Crippen LogP) is 3.97. The smallest absolute Gasteiger partial charge is 0.226 e. The van der Waals surface area contributed by atoms with Crippen molar-refractivity contribution in [3.05, 3.63) is 0 Å². The predicted molar refractivity (Wildman–Crippen MR) is 101 cm³/mol. The summed E-state index contributed by atoms with van der Waals surface area (Å²) in [6.45, 7) is 3.95. The van der Waals surface area contributed by atoms with Crippen LogP contribution in [0.2, 0.25) is 0 Å². The maximum Gasteiger partial charge on any atom is 0.226 e. The third kappa shape index (κ3) is 3.85. The molecule has 3 saturated carbocycles. The van der Waals surface area contributed by atoms with Crippen molar-refractivity contribution < 1.29 is 14.3 Å². The Bertz CT molecular complexity index is 503. The maximum absolute atomic E-state index is 13.6. The second-order valence-corrected chi connectivity index (χ2v) is 9.43.